The molecule has 1 aliphatic rings. The van der Waals surface area contributed by atoms with E-state index in [-0.39, 0.29) is 35.3 Å². The van der Waals surface area contributed by atoms with E-state index in [1.54, 1.807) is 0 Å². The van der Waals surface area contributed by atoms with Gasteiger partial charge in [-0.25, -0.2) is 26.3 Å². The van der Waals surface area contributed by atoms with Crippen molar-refractivity contribution in [1.29, 1.82) is 0 Å². The number of anilines is 1. The number of rotatable bonds is 10. The number of aromatic nitrogens is 3. The lowest BCUT2D eigenvalue weighted by Crippen LogP contribution is -2.42. The van der Waals surface area contributed by atoms with Crippen molar-refractivity contribution in [2.24, 2.45) is 0 Å². The number of carbonyl (C=O) groups is 1. The SMILES string of the molecule is O=C(Nc1ccc(C(O)(C(F)F)C(F)F)nc1)c1cn([C@@H]2CCOC2)nc(-c2ccccc2OCC(F)F)c1=O. The Balaban J connectivity index is 1.70. The molecule has 0 aliphatic carbocycles. The van der Waals surface area contributed by atoms with Gasteiger partial charge in [-0.2, -0.15) is 5.10 Å². The van der Waals surface area contributed by atoms with Crippen LogP contribution in [0.3, 0.4) is 0 Å². The third-order valence-electron chi connectivity index (χ3n) is 6.06. The molecule has 1 amide bonds. The van der Waals surface area contributed by atoms with Crippen LogP contribution in [0.2, 0.25) is 0 Å². The maximum absolute atomic E-state index is 13.4. The summed E-state index contributed by atoms with van der Waals surface area (Å²) in [6.45, 7) is -0.329. The number of carbonyl (C=O) groups excluding carboxylic acids is 1. The molecule has 1 aliphatic heterocycles. The van der Waals surface area contributed by atoms with Gasteiger partial charge in [-0.1, -0.05) is 12.1 Å². The van der Waals surface area contributed by atoms with Gasteiger partial charge in [0.2, 0.25) is 11.0 Å². The molecular weight excluding hydrogens is 550 g/mol. The van der Waals surface area contributed by atoms with Gasteiger partial charge >= 0.3 is 0 Å². The lowest BCUT2D eigenvalue weighted by atomic mass is 10.0. The minimum absolute atomic E-state index is 0.0553. The number of para-hydroxylation sites is 1. The van der Waals surface area contributed by atoms with Crippen LogP contribution in [0.1, 0.15) is 28.5 Å². The Morgan fingerprint density at radius 1 is 1.15 bits per heavy atom. The van der Waals surface area contributed by atoms with Gasteiger partial charge in [0.15, 0.2) is 0 Å². The standard InChI is InChI=1S/C25H22F6N4O5/c26-19(27)12-40-17-4-2-1-3-15(17)20-21(36)16(10-35(34-20)14-7-8-39-11-14)22(37)33-13-5-6-18(32-9-13)25(38,23(28)29)24(30)31/h1-6,9-10,14,19,23-24,38H,7-8,11-12H2,(H,33,37)/t14-/m1/s1. The molecule has 0 spiro atoms. The fraction of sp³-hybridized carbons (Fsp3) is 0.360. The smallest absolute Gasteiger partial charge is 0.278 e. The molecule has 4 rings (SSSR count). The van der Waals surface area contributed by atoms with Crippen LogP contribution in [0, 0.1) is 0 Å². The van der Waals surface area contributed by atoms with Crippen LogP contribution in [0.15, 0.2) is 53.6 Å². The molecule has 15 heteroatoms. The summed E-state index contributed by atoms with van der Waals surface area (Å²) in [4.78, 5) is 30.0. The van der Waals surface area contributed by atoms with Gasteiger partial charge in [0, 0.05) is 18.4 Å². The minimum Gasteiger partial charge on any atom is -0.487 e. The van der Waals surface area contributed by atoms with E-state index in [0.717, 1.165) is 12.3 Å². The summed E-state index contributed by atoms with van der Waals surface area (Å²) in [6, 6.07) is 7.09. The van der Waals surface area contributed by atoms with Crippen LogP contribution < -0.4 is 15.5 Å². The number of hydrogen-bond donors (Lipinski definition) is 2. The molecule has 40 heavy (non-hydrogen) atoms. The van der Waals surface area contributed by atoms with Gasteiger partial charge < -0.3 is 19.9 Å². The van der Waals surface area contributed by atoms with Crippen molar-refractivity contribution < 1.29 is 45.7 Å². The van der Waals surface area contributed by atoms with Crippen molar-refractivity contribution in [3.05, 3.63) is 70.3 Å². The summed E-state index contributed by atoms with van der Waals surface area (Å²) in [6.07, 6.45) is -8.04. The number of nitrogens with one attached hydrogen (secondary N) is 1. The molecule has 1 aromatic carbocycles. The fourth-order valence-electron chi connectivity index (χ4n) is 3.93. The summed E-state index contributed by atoms with van der Waals surface area (Å²) in [5, 5.41) is 16.4. The molecule has 0 radical (unpaired) electrons. The zero-order valence-electron chi connectivity index (χ0n) is 20.4. The van der Waals surface area contributed by atoms with Crippen LogP contribution >= 0.6 is 0 Å². The van der Waals surface area contributed by atoms with Crippen molar-refractivity contribution in [1.82, 2.24) is 14.8 Å². The maximum atomic E-state index is 13.4. The van der Waals surface area contributed by atoms with Gasteiger partial charge in [-0.15, -0.1) is 0 Å². The van der Waals surface area contributed by atoms with E-state index >= 15 is 0 Å². The fourth-order valence-corrected chi connectivity index (χ4v) is 3.93. The number of ether oxygens (including phenoxy) is 2. The first-order valence-electron chi connectivity index (χ1n) is 11.8. The molecule has 1 saturated heterocycles. The number of alkyl halides is 6. The number of hydrogen-bond acceptors (Lipinski definition) is 7. The predicted octanol–water partition coefficient (Wildman–Crippen LogP) is 3.88. The Morgan fingerprint density at radius 2 is 1.88 bits per heavy atom. The largest absolute Gasteiger partial charge is 0.487 e. The average Bonchev–Trinajstić information content (AvgIpc) is 3.47. The van der Waals surface area contributed by atoms with Crippen molar-refractivity contribution >= 4 is 11.6 Å². The summed E-state index contributed by atoms with van der Waals surface area (Å²) >= 11 is 0. The Kier molecular flexibility index (Phi) is 8.73. The third kappa shape index (κ3) is 5.94. The number of aliphatic hydroxyl groups is 1. The molecule has 0 bridgehead atoms. The van der Waals surface area contributed by atoms with Gasteiger partial charge in [-0.05, 0) is 30.7 Å². The van der Waals surface area contributed by atoms with Crippen LogP contribution in [0.5, 0.6) is 5.75 Å². The minimum atomic E-state index is -3.85. The van der Waals surface area contributed by atoms with Crippen molar-refractivity contribution in [2.75, 3.05) is 25.1 Å². The molecule has 2 N–H and O–H groups in total. The van der Waals surface area contributed by atoms with E-state index in [0.29, 0.717) is 19.1 Å². The van der Waals surface area contributed by atoms with Gasteiger partial charge in [0.05, 0.1) is 30.2 Å². The van der Waals surface area contributed by atoms with E-state index in [1.807, 2.05) is 0 Å². The van der Waals surface area contributed by atoms with Crippen LogP contribution in [0.25, 0.3) is 11.3 Å². The molecule has 2 aromatic heterocycles. The Morgan fingerprint density at radius 3 is 2.48 bits per heavy atom. The quantitative estimate of drug-likeness (QED) is 0.355. The maximum Gasteiger partial charge on any atom is 0.278 e. The summed E-state index contributed by atoms with van der Waals surface area (Å²) in [5.41, 5.74) is -6.52. The second-order valence-corrected chi connectivity index (χ2v) is 8.73. The second kappa shape index (κ2) is 12.0. The lowest BCUT2D eigenvalue weighted by molar-refractivity contribution is -0.185. The van der Waals surface area contributed by atoms with Crippen molar-refractivity contribution in [2.45, 2.75) is 37.3 Å². The highest BCUT2D eigenvalue weighted by atomic mass is 19.3. The third-order valence-corrected chi connectivity index (χ3v) is 6.06. The lowest BCUT2D eigenvalue weighted by Gasteiger charge is -2.25. The Hall–Kier alpha value is -3.98. The number of nitrogens with zero attached hydrogens (tertiary/aromatic N) is 3. The Bertz CT molecular complexity index is 1390. The molecule has 3 heterocycles. The number of pyridine rings is 1. The van der Waals surface area contributed by atoms with Crippen LogP contribution in [0.4, 0.5) is 32.0 Å². The average molecular weight is 572 g/mol. The number of benzene rings is 1. The number of amides is 1. The summed E-state index contributed by atoms with van der Waals surface area (Å²) < 4.78 is 89.9. The zero-order chi connectivity index (χ0) is 29.0. The normalized spacial score (nSPS) is 15.7. The van der Waals surface area contributed by atoms with Crippen LogP contribution in [-0.4, -0.2) is 64.9 Å². The molecule has 1 fully saturated rings. The molecular formula is C25H22F6N4O5. The summed E-state index contributed by atoms with van der Waals surface area (Å²) in [7, 11) is 0. The summed E-state index contributed by atoms with van der Waals surface area (Å²) in [5.74, 6) is -1.05. The highest BCUT2D eigenvalue weighted by molar-refractivity contribution is 6.04. The monoisotopic (exact) mass is 572 g/mol. The molecule has 9 nitrogen and oxygen atoms in total. The first-order chi connectivity index (χ1) is 19.0. The Labute approximate surface area is 222 Å². The topological polar surface area (TPSA) is 116 Å². The molecule has 3 aromatic rings. The highest BCUT2D eigenvalue weighted by Crippen LogP contribution is 2.34. The van der Waals surface area contributed by atoms with Gasteiger partial charge in [0.1, 0.15) is 23.6 Å². The predicted molar refractivity (Wildman–Crippen MR) is 128 cm³/mol. The van der Waals surface area contributed by atoms with E-state index in [4.69, 9.17) is 9.47 Å². The van der Waals surface area contributed by atoms with Crippen LogP contribution in [-0.2, 0) is 10.3 Å². The molecule has 0 unspecified atom stereocenters. The van der Waals surface area contributed by atoms with E-state index in [9.17, 15) is 41.0 Å². The zero-order valence-corrected chi connectivity index (χ0v) is 20.4. The molecule has 0 saturated carbocycles. The van der Waals surface area contributed by atoms with Gasteiger partial charge in [-0.3, -0.25) is 19.3 Å². The molecule has 214 valence electrons. The first kappa shape index (κ1) is 29.0. The van der Waals surface area contributed by atoms with Gasteiger partial charge in [0.25, 0.3) is 25.2 Å². The number of halogens is 6. The highest BCUT2D eigenvalue weighted by Gasteiger charge is 2.50. The van der Waals surface area contributed by atoms with E-state index in [2.05, 4.69) is 15.4 Å². The van der Waals surface area contributed by atoms with Crippen molar-refractivity contribution in [3.63, 3.8) is 0 Å². The first-order valence-corrected chi connectivity index (χ1v) is 11.8. The molecule has 1 atom stereocenters. The van der Waals surface area contributed by atoms with Crippen molar-refractivity contribution in [3.8, 4) is 17.0 Å². The second-order valence-electron chi connectivity index (χ2n) is 8.73. The van der Waals surface area contributed by atoms with E-state index < -0.39 is 54.1 Å². The van der Waals surface area contributed by atoms with E-state index in [1.165, 1.54) is 35.1 Å².